The molecular formula is C22H43P3Se. The van der Waals surface area contributed by atoms with Crippen LogP contribution in [0.2, 0.25) is 0 Å². The van der Waals surface area contributed by atoms with Crippen LogP contribution in [-0.2, 0) is 0 Å². The molecule has 26 heavy (non-hydrogen) atoms. The standard InChI is InChI=1S/C10H15P.C8H17PSe.C4H11P/c1-2-3-9-11-10-7-5-4-6-8-10;1-2-3-4-5-6-7-8-9-10;1-2-3-4-5/h4-8,11H,2-3,9H2,1H3;2-8H2,1H3;2-5H2,1H3. The molecule has 0 spiro atoms. The van der Waals surface area contributed by atoms with Gasteiger partial charge in [-0.1, -0.05) is 72.0 Å². The van der Waals surface area contributed by atoms with E-state index >= 15 is 0 Å². The molecule has 1 aromatic rings. The quantitative estimate of drug-likeness (QED) is 0.154. The summed E-state index contributed by atoms with van der Waals surface area (Å²) in [4.78, 5) is 0. The summed E-state index contributed by atoms with van der Waals surface area (Å²) >= 11 is 3.02. The van der Waals surface area contributed by atoms with Gasteiger partial charge in [0.2, 0.25) is 0 Å². The molecule has 0 amide bonds. The van der Waals surface area contributed by atoms with Gasteiger partial charge in [-0.25, -0.2) is 0 Å². The van der Waals surface area contributed by atoms with Crippen molar-refractivity contribution in [1.29, 1.82) is 0 Å². The van der Waals surface area contributed by atoms with Crippen LogP contribution in [0.25, 0.3) is 0 Å². The Hall–Kier alpha value is 0.899. The zero-order valence-electron chi connectivity index (χ0n) is 17.5. The molecule has 2 unspecified atom stereocenters. The van der Waals surface area contributed by atoms with Crippen LogP contribution in [0.3, 0.4) is 0 Å². The van der Waals surface area contributed by atoms with Crippen molar-refractivity contribution in [3.8, 4) is 0 Å². The van der Waals surface area contributed by atoms with Crippen molar-refractivity contribution in [2.75, 3.05) is 18.5 Å². The van der Waals surface area contributed by atoms with Gasteiger partial charge < -0.3 is 0 Å². The Morgan fingerprint density at radius 3 is 1.88 bits per heavy atom. The van der Waals surface area contributed by atoms with E-state index in [1.807, 2.05) is 0 Å². The molecule has 2 atom stereocenters. The van der Waals surface area contributed by atoms with E-state index in [9.17, 15) is 0 Å². The number of benzene rings is 1. The molecule has 0 heterocycles. The van der Waals surface area contributed by atoms with E-state index in [1.165, 1.54) is 94.8 Å². The Morgan fingerprint density at radius 1 is 0.808 bits per heavy atom. The van der Waals surface area contributed by atoms with E-state index in [1.54, 1.807) is 0 Å². The Morgan fingerprint density at radius 2 is 1.38 bits per heavy atom. The molecule has 0 saturated heterocycles. The zero-order chi connectivity index (χ0) is 19.7. The van der Waals surface area contributed by atoms with Crippen molar-refractivity contribution >= 4 is 45.0 Å². The number of unbranched alkanes of at least 4 members (excludes halogenated alkanes) is 7. The first-order valence-electron chi connectivity index (χ1n) is 10.5. The van der Waals surface area contributed by atoms with Gasteiger partial charge in [-0.05, 0) is 24.0 Å². The van der Waals surface area contributed by atoms with Crippen molar-refractivity contribution in [2.24, 2.45) is 0 Å². The predicted octanol–water partition coefficient (Wildman–Crippen LogP) is 7.83. The SMILES string of the molecule is CCCCCCCCP=[Se].CCCCP.CCCCPc1ccccc1. The Bertz CT molecular complexity index is 356. The van der Waals surface area contributed by atoms with Crippen molar-refractivity contribution in [2.45, 2.75) is 85.0 Å². The Kier molecular flexibility index (Phi) is 31.5. The molecule has 152 valence electrons. The van der Waals surface area contributed by atoms with E-state index in [0.29, 0.717) is 0 Å². The van der Waals surface area contributed by atoms with E-state index < -0.39 is 0 Å². The molecule has 1 aromatic carbocycles. The maximum Gasteiger partial charge on any atom is -0.0271 e. The van der Waals surface area contributed by atoms with Gasteiger partial charge in [-0.2, -0.15) is 0 Å². The summed E-state index contributed by atoms with van der Waals surface area (Å²) in [5.41, 5.74) is 0. The fourth-order valence-electron chi connectivity index (χ4n) is 2.13. The summed E-state index contributed by atoms with van der Waals surface area (Å²) in [6.07, 6.45) is 17.9. The smallest absolute Gasteiger partial charge is 0.0271 e. The number of hydrogen-bond donors (Lipinski definition) is 0. The van der Waals surface area contributed by atoms with Crippen molar-refractivity contribution in [3.05, 3.63) is 30.3 Å². The molecular weight excluding hydrogens is 436 g/mol. The first-order chi connectivity index (χ1) is 12.8. The summed E-state index contributed by atoms with van der Waals surface area (Å²) in [7, 11) is 3.71. The molecule has 0 N–H and O–H groups in total. The molecule has 0 radical (unpaired) electrons. The normalized spacial score (nSPS) is 10.3. The molecule has 0 saturated carbocycles. The third-order valence-corrected chi connectivity index (χ3v) is 7.20. The van der Waals surface area contributed by atoms with Crippen LogP contribution < -0.4 is 5.30 Å². The van der Waals surface area contributed by atoms with Crippen LogP contribution in [-0.4, -0.2) is 33.6 Å². The average molecular weight is 479 g/mol. The molecule has 0 bridgehead atoms. The first-order valence-corrected chi connectivity index (χ1v) is 15.9. The molecule has 0 aromatic heterocycles. The van der Waals surface area contributed by atoms with Gasteiger partial charge in [0.1, 0.15) is 0 Å². The third-order valence-electron chi connectivity index (χ3n) is 3.79. The van der Waals surface area contributed by atoms with Gasteiger partial charge in [0.05, 0.1) is 0 Å². The Labute approximate surface area is 178 Å². The fourth-order valence-corrected chi connectivity index (χ4v) is 4.95. The van der Waals surface area contributed by atoms with Crippen molar-refractivity contribution < 1.29 is 0 Å². The van der Waals surface area contributed by atoms with Gasteiger partial charge in [-0.15, -0.1) is 9.24 Å². The monoisotopic (exact) mass is 480 g/mol. The summed E-state index contributed by atoms with van der Waals surface area (Å²) in [6, 6.07) is 10.7. The van der Waals surface area contributed by atoms with Crippen LogP contribution in [0.5, 0.6) is 0 Å². The maximum atomic E-state index is 3.02. The second kappa shape index (κ2) is 28.1. The van der Waals surface area contributed by atoms with Gasteiger partial charge >= 0.3 is 73.5 Å². The minimum Gasteiger partial charge on any atom is -0.138 e. The molecule has 0 nitrogen and oxygen atoms in total. The summed E-state index contributed by atoms with van der Waals surface area (Å²) in [5, 5.41) is 1.50. The van der Waals surface area contributed by atoms with Crippen LogP contribution in [0.4, 0.5) is 0 Å². The molecule has 0 aliphatic carbocycles. The van der Waals surface area contributed by atoms with Crippen LogP contribution >= 0.6 is 24.6 Å². The van der Waals surface area contributed by atoms with Gasteiger partial charge in [0, 0.05) is 0 Å². The van der Waals surface area contributed by atoms with Gasteiger partial charge in [0.15, 0.2) is 0 Å². The molecule has 0 aliphatic heterocycles. The third kappa shape index (κ3) is 27.1. The Balaban J connectivity index is 0. The largest absolute Gasteiger partial charge is 0.138 e. The second-order valence-electron chi connectivity index (χ2n) is 6.41. The molecule has 0 fully saturated rings. The summed E-state index contributed by atoms with van der Waals surface area (Å²) in [5.74, 6) is 0. The summed E-state index contributed by atoms with van der Waals surface area (Å²) in [6.45, 7) is 8.15. The first kappa shape index (κ1) is 29.1. The van der Waals surface area contributed by atoms with E-state index in [-0.39, 0.29) is 0 Å². The second-order valence-corrected chi connectivity index (χ2v) is 10.7. The number of hydrogen-bond acceptors (Lipinski definition) is 0. The van der Waals surface area contributed by atoms with E-state index in [0.717, 1.165) is 8.58 Å². The molecule has 4 heteroatoms. The summed E-state index contributed by atoms with van der Waals surface area (Å²) < 4.78 is 0. The number of rotatable bonds is 13. The minimum absolute atomic E-state index is 1.01. The van der Waals surface area contributed by atoms with Crippen molar-refractivity contribution in [3.63, 3.8) is 0 Å². The maximum absolute atomic E-state index is 3.02. The van der Waals surface area contributed by atoms with Gasteiger partial charge in [-0.3, -0.25) is 0 Å². The fraction of sp³-hybridized carbons (Fsp3) is 0.727. The topological polar surface area (TPSA) is 0 Å². The zero-order valence-corrected chi connectivity index (χ0v) is 22.3. The van der Waals surface area contributed by atoms with Crippen LogP contribution in [0.15, 0.2) is 30.3 Å². The molecule has 1 rings (SSSR count). The average Bonchev–Trinajstić information content (AvgIpc) is 2.67. The van der Waals surface area contributed by atoms with E-state index in [4.69, 9.17) is 0 Å². The predicted molar refractivity (Wildman–Crippen MR) is 135 cm³/mol. The van der Waals surface area contributed by atoms with Gasteiger partial charge in [0.25, 0.3) is 0 Å². The van der Waals surface area contributed by atoms with Crippen molar-refractivity contribution in [1.82, 2.24) is 0 Å². The van der Waals surface area contributed by atoms with Crippen LogP contribution in [0, 0.1) is 0 Å². The van der Waals surface area contributed by atoms with E-state index in [2.05, 4.69) is 75.4 Å². The minimum atomic E-state index is 1.01. The van der Waals surface area contributed by atoms with Crippen LogP contribution in [0.1, 0.15) is 85.0 Å². The molecule has 0 aliphatic rings.